The largest absolute Gasteiger partial charge is 0.496 e. The Morgan fingerprint density at radius 1 is 1.00 bits per heavy atom. The molecule has 27 heavy (non-hydrogen) atoms. The molecule has 1 unspecified atom stereocenters. The molecular weight excluding hydrogens is 344 g/mol. The molecule has 6 heteroatoms. The summed E-state index contributed by atoms with van der Waals surface area (Å²) in [4.78, 5) is 5.14. The molecule has 4 rings (SSSR count). The molecule has 0 saturated carbocycles. The zero-order valence-corrected chi connectivity index (χ0v) is 16.6. The van der Waals surface area contributed by atoms with Gasteiger partial charge in [-0.15, -0.1) is 0 Å². The van der Waals surface area contributed by atoms with E-state index in [2.05, 4.69) is 22.8 Å². The fourth-order valence-electron chi connectivity index (χ4n) is 4.54. The van der Waals surface area contributed by atoms with E-state index in [-0.39, 0.29) is 0 Å². The van der Waals surface area contributed by atoms with E-state index >= 15 is 0 Å². The van der Waals surface area contributed by atoms with Crippen LogP contribution in [0.15, 0.2) is 12.1 Å². The second-order valence-corrected chi connectivity index (χ2v) is 7.81. The highest BCUT2D eigenvalue weighted by molar-refractivity contribution is 5.51. The molecule has 1 aromatic carbocycles. The zero-order chi connectivity index (χ0) is 18.6. The molecule has 0 bridgehead atoms. The first kappa shape index (κ1) is 18.8. The quantitative estimate of drug-likeness (QED) is 0.786. The van der Waals surface area contributed by atoms with Gasteiger partial charge in [-0.2, -0.15) is 0 Å². The Balaban J connectivity index is 1.35. The summed E-state index contributed by atoms with van der Waals surface area (Å²) in [6, 6.07) is 4.72. The maximum absolute atomic E-state index is 5.75. The normalized spacial score (nSPS) is 23.2. The number of morpholine rings is 1. The van der Waals surface area contributed by atoms with Gasteiger partial charge in [0.2, 0.25) is 0 Å². The van der Waals surface area contributed by atoms with E-state index in [0.29, 0.717) is 19.3 Å². The molecule has 1 aromatic rings. The number of nitrogens with zero attached hydrogens (tertiary/aromatic N) is 2. The van der Waals surface area contributed by atoms with Crippen LogP contribution in [0.4, 0.5) is 0 Å². The van der Waals surface area contributed by atoms with Gasteiger partial charge in [0.15, 0.2) is 11.5 Å². The van der Waals surface area contributed by atoms with Gasteiger partial charge in [-0.3, -0.25) is 9.80 Å². The van der Waals surface area contributed by atoms with E-state index in [4.69, 9.17) is 18.9 Å². The van der Waals surface area contributed by atoms with Crippen LogP contribution in [0.1, 0.15) is 25.3 Å². The van der Waals surface area contributed by atoms with Crippen LogP contribution in [0.2, 0.25) is 0 Å². The lowest BCUT2D eigenvalue weighted by atomic mass is 9.89. The fourth-order valence-corrected chi connectivity index (χ4v) is 4.54. The molecule has 1 atom stereocenters. The number of ether oxygens (including phenoxy) is 4. The minimum absolute atomic E-state index is 0.602. The standard InChI is InChI=1S/C21H32N2O4/c1-16(23-7-9-25-10-8-23)17-3-5-22(6-4-17)15-18-13-20-21(14-19(18)24-2)27-12-11-26-20/h13-14,16-17H,3-12,15H2,1-2H3. The average molecular weight is 376 g/mol. The topological polar surface area (TPSA) is 43.4 Å². The Labute approximate surface area is 162 Å². The van der Waals surface area contributed by atoms with Crippen molar-refractivity contribution < 1.29 is 18.9 Å². The molecule has 0 radical (unpaired) electrons. The monoisotopic (exact) mass is 376 g/mol. The van der Waals surface area contributed by atoms with Crippen LogP contribution in [-0.2, 0) is 11.3 Å². The summed E-state index contributed by atoms with van der Waals surface area (Å²) in [6.07, 6.45) is 2.51. The molecule has 2 saturated heterocycles. The predicted molar refractivity (Wildman–Crippen MR) is 104 cm³/mol. The van der Waals surface area contributed by atoms with E-state index in [1.165, 1.54) is 18.4 Å². The third-order valence-electron chi connectivity index (χ3n) is 6.28. The van der Waals surface area contributed by atoms with Crippen LogP contribution >= 0.6 is 0 Å². The molecule has 0 aromatic heterocycles. The van der Waals surface area contributed by atoms with Gasteiger partial charge in [0.25, 0.3) is 0 Å². The second-order valence-electron chi connectivity index (χ2n) is 7.81. The van der Waals surface area contributed by atoms with Crippen molar-refractivity contribution in [1.82, 2.24) is 9.80 Å². The smallest absolute Gasteiger partial charge is 0.165 e. The molecule has 3 aliphatic heterocycles. The van der Waals surface area contributed by atoms with Gasteiger partial charge in [0.05, 0.1) is 20.3 Å². The van der Waals surface area contributed by atoms with E-state index in [9.17, 15) is 0 Å². The Bertz CT molecular complexity index is 625. The number of fused-ring (bicyclic) bond motifs is 1. The summed E-state index contributed by atoms with van der Waals surface area (Å²) in [7, 11) is 1.73. The maximum atomic E-state index is 5.75. The van der Waals surface area contributed by atoms with Gasteiger partial charge in [0, 0.05) is 37.3 Å². The Morgan fingerprint density at radius 3 is 2.33 bits per heavy atom. The van der Waals surface area contributed by atoms with E-state index in [1.54, 1.807) is 7.11 Å². The Kier molecular flexibility index (Phi) is 6.05. The summed E-state index contributed by atoms with van der Waals surface area (Å²) >= 11 is 0. The average Bonchev–Trinajstić information content (AvgIpc) is 2.74. The summed E-state index contributed by atoms with van der Waals surface area (Å²) < 4.78 is 22.5. The highest BCUT2D eigenvalue weighted by Gasteiger charge is 2.29. The minimum Gasteiger partial charge on any atom is -0.496 e. The molecule has 2 fully saturated rings. The van der Waals surface area contributed by atoms with Gasteiger partial charge in [-0.25, -0.2) is 0 Å². The SMILES string of the molecule is COc1cc2c(cc1CN1CCC(C(C)N3CCOCC3)CC1)OCCO2. The zero-order valence-electron chi connectivity index (χ0n) is 16.6. The van der Waals surface area contributed by atoms with Crippen molar-refractivity contribution in [3.05, 3.63) is 17.7 Å². The van der Waals surface area contributed by atoms with Crippen LogP contribution in [-0.4, -0.2) is 75.6 Å². The summed E-state index contributed by atoms with van der Waals surface area (Å²) in [5.41, 5.74) is 1.18. The van der Waals surface area contributed by atoms with Crippen LogP contribution in [0.3, 0.4) is 0 Å². The summed E-state index contributed by atoms with van der Waals surface area (Å²) in [5.74, 6) is 3.30. The van der Waals surface area contributed by atoms with Crippen molar-refractivity contribution in [2.75, 3.05) is 59.7 Å². The minimum atomic E-state index is 0.602. The van der Waals surface area contributed by atoms with Crippen LogP contribution < -0.4 is 14.2 Å². The molecular formula is C21H32N2O4. The molecule has 0 aliphatic carbocycles. The first-order chi connectivity index (χ1) is 13.2. The molecule has 0 amide bonds. The van der Waals surface area contributed by atoms with Crippen molar-refractivity contribution in [1.29, 1.82) is 0 Å². The molecule has 0 spiro atoms. The number of rotatable bonds is 5. The van der Waals surface area contributed by atoms with Crippen molar-refractivity contribution >= 4 is 0 Å². The summed E-state index contributed by atoms with van der Waals surface area (Å²) in [6.45, 7) is 10.7. The number of hydrogen-bond donors (Lipinski definition) is 0. The number of benzene rings is 1. The molecule has 3 aliphatic rings. The van der Waals surface area contributed by atoms with Crippen LogP contribution in [0.5, 0.6) is 17.2 Å². The predicted octanol–water partition coefficient (Wildman–Crippen LogP) is 2.40. The first-order valence-electron chi connectivity index (χ1n) is 10.3. The third kappa shape index (κ3) is 4.33. The molecule has 6 nitrogen and oxygen atoms in total. The number of methoxy groups -OCH3 is 1. The van der Waals surface area contributed by atoms with Gasteiger partial charge >= 0.3 is 0 Å². The number of likely N-dealkylation sites (tertiary alicyclic amines) is 1. The van der Waals surface area contributed by atoms with E-state index in [0.717, 1.165) is 69.1 Å². The van der Waals surface area contributed by atoms with E-state index in [1.807, 2.05) is 6.07 Å². The molecule has 150 valence electrons. The molecule has 3 heterocycles. The van der Waals surface area contributed by atoms with Crippen LogP contribution in [0.25, 0.3) is 0 Å². The number of hydrogen-bond acceptors (Lipinski definition) is 6. The van der Waals surface area contributed by atoms with Gasteiger partial charge in [-0.05, 0) is 44.8 Å². The highest BCUT2D eigenvalue weighted by atomic mass is 16.6. The number of piperidine rings is 1. The first-order valence-corrected chi connectivity index (χ1v) is 10.3. The Hall–Kier alpha value is -1.50. The molecule has 0 N–H and O–H groups in total. The van der Waals surface area contributed by atoms with Gasteiger partial charge < -0.3 is 18.9 Å². The van der Waals surface area contributed by atoms with Crippen molar-refractivity contribution in [3.63, 3.8) is 0 Å². The van der Waals surface area contributed by atoms with Crippen molar-refractivity contribution in [3.8, 4) is 17.2 Å². The second kappa shape index (κ2) is 8.67. The van der Waals surface area contributed by atoms with E-state index < -0.39 is 0 Å². The van der Waals surface area contributed by atoms with Crippen LogP contribution in [0, 0.1) is 5.92 Å². The lowest BCUT2D eigenvalue weighted by molar-refractivity contribution is -0.00195. The lowest BCUT2D eigenvalue weighted by Gasteiger charge is -2.41. The van der Waals surface area contributed by atoms with Crippen molar-refractivity contribution in [2.24, 2.45) is 5.92 Å². The lowest BCUT2D eigenvalue weighted by Crippen LogP contribution is -2.48. The van der Waals surface area contributed by atoms with Crippen molar-refractivity contribution in [2.45, 2.75) is 32.4 Å². The van der Waals surface area contributed by atoms with Gasteiger partial charge in [0.1, 0.15) is 19.0 Å². The van der Waals surface area contributed by atoms with Gasteiger partial charge in [-0.1, -0.05) is 0 Å². The Morgan fingerprint density at radius 2 is 1.67 bits per heavy atom. The highest BCUT2D eigenvalue weighted by Crippen LogP contribution is 2.37. The third-order valence-corrected chi connectivity index (χ3v) is 6.28. The summed E-state index contributed by atoms with van der Waals surface area (Å²) in [5, 5.41) is 0. The fraction of sp³-hybridized carbons (Fsp3) is 0.714. The maximum Gasteiger partial charge on any atom is 0.165 e.